The highest BCUT2D eigenvalue weighted by Gasteiger charge is 2.39. The summed E-state index contributed by atoms with van der Waals surface area (Å²) in [7, 11) is -1.49. The van der Waals surface area contributed by atoms with E-state index in [4.69, 9.17) is 4.43 Å². The summed E-state index contributed by atoms with van der Waals surface area (Å²) in [5.74, 6) is 0. The topological polar surface area (TPSA) is 9.23 Å². The summed E-state index contributed by atoms with van der Waals surface area (Å²) >= 11 is 0. The minimum atomic E-state index is -1.49. The first-order valence-corrected chi connectivity index (χ1v) is 10.0. The second-order valence-electron chi connectivity index (χ2n) is 5.53. The van der Waals surface area contributed by atoms with E-state index in [1.54, 1.807) is 0 Å². The van der Waals surface area contributed by atoms with Gasteiger partial charge in [-0.3, -0.25) is 0 Å². The van der Waals surface area contributed by atoms with Crippen LogP contribution >= 0.6 is 0 Å². The van der Waals surface area contributed by atoms with E-state index in [0.717, 1.165) is 0 Å². The molecule has 1 saturated carbocycles. The van der Waals surface area contributed by atoms with Gasteiger partial charge >= 0.3 is 0 Å². The maximum Gasteiger partial charge on any atom is 0.193 e. The van der Waals surface area contributed by atoms with E-state index in [-0.39, 0.29) is 5.60 Å². The van der Waals surface area contributed by atoms with Crippen molar-refractivity contribution in [1.29, 1.82) is 0 Å². The fraction of sp³-hybridized carbons (Fsp3) is 0.867. The van der Waals surface area contributed by atoms with E-state index >= 15 is 0 Å². The lowest BCUT2D eigenvalue weighted by molar-refractivity contribution is 0.0895. The van der Waals surface area contributed by atoms with Crippen molar-refractivity contribution in [2.75, 3.05) is 0 Å². The monoisotopic (exact) mass is 254 g/mol. The van der Waals surface area contributed by atoms with Crippen molar-refractivity contribution in [3.8, 4) is 0 Å². The molecular weight excluding hydrogens is 224 g/mol. The lowest BCUT2D eigenvalue weighted by atomic mass is 9.95. The molecule has 0 atom stereocenters. The molecule has 100 valence electrons. The molecule has 17 heavy (non-hydrogen) atoms. The van der Waals surface area contributed by atoms with Gasteiger partial charge in [-0.2, -0.15) is 0 Å². The van der Waals surface area contributed by atoms with Gasteiger partial charge in [0.05, 0.1) is 5.60 Å². The smallest absolute Gasteiger partial charge is 0.193 e. The van der Waals surface area contributed by atoms with E-state index in [9.17, 15) is 0 Å². The second-order valence-corrected chi connectivity index (χ2v) is 10.2. The van der Waals surface area contributed by atoms with Gasteiger partial charge in [-0.1, -0.05) is 52.5 Å². The SMILES string of the molecule is C=CC1(O[Si](CC)(CC)CC)CCCCCC1. The summed E-state index contributed by atoms with van der Waals surface area (Å²) < 4.78 is 6.76. The Kier molecular flexibility index (Phi) is 5.94. The number of rotatable bonds is 6. The van der Waals surface area contributed by atoms with E-state index in [2.05, 4.69) is 33.4 Å². The average molecular weight is 254 g/mol. The lowest BCUT2D eigenvalue weighted by Crippen LogP contribution is -2.46. The first kappa shape index (κ1) is 15.0. The van der Waals surface area contributed by atoms with Gasteiger partial charge in [-0.05, 0) is 31.0 Å². The van der Waals surface area contributed by atoms with Crippen LogP contribution in [0.3, 0.4) is 0 Å². The zero-order chi connectivity index (χ0) is 12.8. The van der Waals surface area contributed by atoms with Crippen molar-refractivity contribution >= 4 is 8.32 Å². The molecule has 0 amide bonds. The van der Waals surface area contributed by atoms with Crippen molar-refractivity contribution in [2.45, 2.75) is 83.0 Å². The van der Waals surface area contributed by atoms with Crippen LogP contribution in [-0.4, -0.2) is 13.9 Å². The molecule has 1 aliphatic carbocycles. The van der Waals surface area contributed by atoms with Gasteiger partial charge in [-0.15, -0.1) is 6.58 Å². The Hall–Kier alpha value is -0.0831. The van der Waals surface area contributed by atoms with E-state index in [1.807, 2.05) is 0 Å². The second kappa shape index (κ2) is 6.74. The van der Waals surface area contributed by atoms with Crippen LogP contribution in [0.15, 0.2) is 12.7 Å². The molecule has 0 radical (unpaired) electrons. The molecular formula is C15H30OSi. The van der Waals surface area contributed by atoms with Gasteiger partial charge in [-0.25, -0.2) is 0 Å². The first-order valence-electron chi connectivity index (χ1n) is 7.49. The Morgan fingerprint density at radius 2 is 1.47 bits per heavy atom. The maximum absolute atomic E-state index is 6.76. The highest BCUT2D eigenvalue weighted by Crippen LogP contribution is 2.37. The molecule has 0 spiro atoms. The van der Waals surface area contributed by atoms with Gasteiger partial charge in [0.1, 0.15) is 0 Å². The minimum Gasteiger partial charge on any atom is -0.408 e. The molecule has 0 bridgehead atoms. The third-order valence-corrected chi connectivity index (χ3v) is 9.38. The lowest BCUT2D eigenvalue weighted by Gasteiger charge is -2.40. The Bertz CT molecular complexity index is 217. The molecule has 1 aliphatic rings. The number of hydrogen-bond donors (Lipinski definition) is 0. The predicted molar refractivity (Wildman–Crippen MR) is 78.9 cm³/mol. The molecule has 1 rings (SSSR count). The standard InChI is InChI=1S/C15H30OSi/c1-5-15(13-11-9-10-12-14-15)16-17(6-2,7-3)8-4/h5H,1,6-14H2,2-4H3. The Morgan fingerprint density at radius 1 is 1.00 bits per heavy atom. The summed E-state index contributed by atoms with van der Waals surface area (Å²) in [5.41, 5.74) is 0.0186. The molecule has 0 aliphatic heterocycles. The third kappa shape index (κ3) is 3.69. The Balaban J connectivity index is 2.81. The summed E-state index contributed by atoms with van der Waals surface area (Å²) in [6.07, 6.45) is 9.90. The first-order chi connectivity index (χ1) is 8.16. The molecule has 1 nitrogen and oxygen atoms in total. The third-order valence-electron chi connectivity index (χ3n) is 4.67. The molecule has 2 heteroatoms. The fourth-order valence-electron chi connectivity index (χ4n) is 3.07. The van der Waals surface area contributed by atoms with E-state index in [1.165, 1.54) is 56.7 Å². The quantitative estimate of drug-likeness (QED) is 0.356. The van der Waals surface area contributed by atoms with Crippen LogP contribution in [0.5, 0.6) is 0 Å². The highest BCUT2D eigenvalue weighted by atomic mass is 28.4. The predicted octanol–water partition coefficient (Wildman–Crippen LogP) is 5.29. The minimum absolute atomic E-state index is 0.0186. The fourth-order valence-corrected chi connectivity index (χ4v) is 6.16. The Labute approximate surface area is 109 Å². The van der Waals surface area contributed by atoms with Gasteiger partial charge in [0.25, 0.3) is 0 Å². The van der Waals surface area contributed by atoms with Crippen LogP contribution < -0.4 is 0 Å². The molecule has 0 saturated heterocycles. The highest BCUT2D eigenvalue weighted by molar-refractivity contribution is 6.73. The van der Waals surface area contributed by atoms with Crippen LogP contribution in [0.1, 0.15) is 59.3 Å². The Morgan fingerprint density at radius 3 is 1.82 bits per heavy atom. The van der Waals surface area contributed by atoms with Crippen LogP contribution in [0.25, 0.3) is 0 Å². The maximum atomic E-state index is 6.76. The molecule has 0 aromatic rings. The zero-order valence-electron chi connectivity index (χ0n) is 12.1. The normalized spacial score (nSPS) is 20.9. The van der Waals surface area contributed by atoms with Gasteiger partial charge in [0, 0.05) is 0 Å². The van der Waals surface area contributed by atoms with Gasteiger partial charge in [0.15, 0.2) is 8.32 Å². The zero-order valence-corrected chi connectivity index (χ0v) is 13.1. The molecule has 0 aromatic carbocycles. The van der Waals surface area contributed by atoms with Gasteiger partial charge in [0.2, 0.25) is 0 Å². The summed E-state index contributed by atoms with van der Waals surface area (Å²) in [6, 6.07) is 3.74. The molecule has 0 aromatic heterocycles. The van der Waals surface area contributed by atoms with E-state index in [0.29, 0.717) is 0 Å². The van der Waals surface area contributed by atoms with Crippen molar-refractivity contribution in [1.82, 2.24) is 0 Å². The molecule has 0 unspecified atom stereocenters. The summed E-state index contributed by atoms with van der Waals surface area (Å²) in [5, 5.41) is 0. The van der Waals surface area contributed by atoms with Crippen LogP contribution in [-0.2, 0) is 4.43 Å². The van der Waals surface area contributed by atoms with Gasteiger partial charge < -0.3 is 4.43 Å². The molecule has 0 heterocycles. The summed E-state index contributed by atoms with van der Waals surface area (Å²) in [4.78, 5) is 0. The van der Waals surface area contributed by atoms with Crippen LogP contribution in [0.2, 0.25) is 18.1 Å². The average Bonchev–Trinajstić information content (AvgIpc) is 2.62. The number of hydrogen-bond acceptors (Lipinski definition) is 1. The van der Waals surface area contributed by atoms with Crippen LogP contribution in [0, 0.1) is 0 Å². The van der Waals surface area contributed by atoms with E-state index < -0.39 is 8.32 Å². The largest absolute Gasteiger partial charge is 0.408 e. The van der Waals surface area contributed by atoms with Crippen molar-refractivity contribution in [2.24, 2.45) is 0 Å². The van der Waals surface area contributed by atoms with Crippen molar-refractivity contribution in [3.05, 3.63) is 12.7 Å². The summed E-state index contributed by atoms with van der Waals surface area (Å²) in [6.45, 7) is 11.0. The molecule has 1 fully saturated rings. The van der Waals surface area contributed by atoms with Crippen molar-refractivity contribution < 1.29 is 4.43 Å². The van der Waals surface area contributed by atoms with Crippen molar-refractivity contribution in [3.63, 3.8) is 0 Å². The molecule has 0 N–H and O–H groups in total. The van der Waals surface area contributed by atoms with Crippen LogP contribution in [0.4, 0.5) is 0 Å².